The quantitative estimate of drug-likeness (QED) is 0.168. The molecule has 1 aliphatic heterocycles. The standard InChI is InChI=1S/C55H36N2O2/c1-55(2)45-19-11-10-18-43(45)52-46(55)27-29-50-53(52)59-49-28-25-36(31-51(49)58-50)33-20-22-35(23-21-33)48-32-47(34-12-4-3-5-13-34)56-54(57-48)37-24-26-42-40-16-7-6-14-38(40)39-15-8-9-17-41(39)44(42)30-37/h3-32H,1-2H3. The van der Waals surface area contributed by atoms with Gasteiger partial charge in [-0.1, -0.05) is 166 Å². The first-order valence-electron chi connectivity index (χ1n) is 20.1. The number of rotatable bonds is 4. The van der Waals surface area contributed by atoms with Crippen molar-refractivity contribution in [2.45, 2.75) is 19.3 Å². The highest BCUT2D eigenvalue weighted by atomic mass is 16.6. The molecule has 2 aliphatic rings. The van der Waals surface area contributed by atoms with Crippen LogP contribution >= 0.6 is 0 Å². The lowest BCUT2D eigenvalue weighted by Crippen LogP contribution is -2.15. The molecule has 1 aromatic heterocycles. The van der Waals surface area contributed by atoms with Crippen molar-refractivity contribution in [1.82, 2.24) is 9.97 Å². The summed E-state index contributed by atoms with van der Waals surface area (Å²) in [5.74, 6) is 3.63. The minimum absolute atomic E-state index is 0.113. The van der Waals surface area contributed by atoms with Gasteiger partial charge in [0.2, 0.25) is 0 Å². The van der Waals surface area contributed by atoms with Crippen LogP contribution in [0.1, 0.15) is 25.0 Å². The zero-order valence-corrected chi connectivity index (χ0v) is 32.5. The Bertz CT molecular complexity index is 3320. The molecule has 0 saturated heterocycles. The van der Waals surface area contributed by atoms with Crippen molar-refractivity contribution in [1.29, 1.82) is 0 Å². The van der Waals surface area contributed by atoms with Gasteiger partial charge in [-0.2, -0.15) is 0 Å². The third-order valence-electron chi connectivity index (χ3n) is 12.4. The number of benzene rings is 9. The van der Waals surface area contributed by atoms with E-state index in [4.69, 9.17) is 19.4 Å². The summed E-state index contributed by atoms with van der Waals surface area (Å²) in [6.45, 7) is 4.55. The van der Waals surface area contributed by atoms with Gasteiger partial charge in [-0.3, -0.25) is 0 Å². The predicted octanol–water partition coefficient (Wildman–Crippen LogP) is 14.8. The van der Waals surface area contributed by atoms with Crippen LogP contribution in [0.2, 0.25) is 0 Å². The van der Waals surface area contributed by atoms with Crippen LogP contribution in [0.15, 0.2) is 182 Å². The van der Waals surface area contributed by atoms with Crippen LogP contribution in [-0.4, -0.2) is 9.97 Å². The SMILES string of the molecule is CC1(C)c2ccccc2-c2c1ccc1c2Oc2ccc(-c3ccc(-c4cc(-c5ccccc5)nc(-c5ccc6c7ccccc7c7ccccc7c6c5)n4)cc3)cc2O1. The summed E-state index contributed by atoms with van der Waals surface area (Å²) in [5.41, 5.74) is 11.7. The zero-order valence-electron chi connectivity index (χ0n) is 32.5. The van der Waals surface area contributed by atoms with Crippen molar-refractivity contribution in [3.05, 3.63) is 193 Å². The fourth-order valence-corrected chi connectivity index (χ4v) is 9.37. The first-order valence-corrected chi connectivity index (χ1v) is 20.1. The molecule has 0 spiro atoms. The Labute approximate surface area is 342 Å². The molecule has 0 atom stereocenters. The Morgan fingerprint density at radius 1 is 0.373 bits per heavy atom. The summed E-state index contributed by atoms with van der Waals surface area (Å²) in [4.78, 5) is 10.4. The smallest absolute Gasteiger partial charge is 0.178 e. The van der Waals surface area contributed by atoms with E-state index >= 15 is 0 Å². The summed E-state index contributed by atoms with van der Waals surface area (Å²) in [6.07, 6.45) is 0. The number of fused-ring (bicyclic) bond motifs is 12. The van der Waals surface area contributed by atoms with Gasteiger partial charge in [0.05, 0.1) is 11.4 Å². The van der Waals surface area contributed by atoms with Crippen molar-refractivity contribution < 1.29 is 9.47 Å². The molecule has 59 heavy (non-hydrogen) atoms. The highest BCUT2D eigenvalue weighted by Crippen LogP contribution is 2.58. The Balaban J connectivity index is 0.907. The summed E-state index contributed by atoms with van der Waals surface area (Å²) in [7, 11) is 0. The fourth-order valence-electron chi connectivity index (χ4n) is 9.37. The maximum atomic E-state index is 6.66. The topological polar surface area (TPSA) is 44.2 Å². The van der Waals surface area contributed by atoms with Gasteiger partial charge in [-0.05, 0) is 90.5 Å². The Hall–Kier alpha value is -7.56. The first-order chi connectivity index (χ1) is 29.0. The molecular formula is C55H36N2O2. The lowest BCUT2D eigenvalue weighted by atomic mass is 9.82. The molecule has 9 aromatic carbocycles. The largest absolute Gasteiger partial charge is 0.449 e. The van der Waals surface area contributed by atoms with Gasteiger partial charge >= 0.3 is 0 Å². The fraction of sp³-hybridized carbons (Fsp3) is 0.0545. The van der Waals surface area contributed by atoms with Gasteiger partial charge in [0.1, 0.15) is 0 Å². The maximum Gasteiger partial charge on any atom is 0.178 e. The maximum absolute atomic E-state index is 6.66. The van der Waals surface area contributed by atoms with Crippen LogP contribution in [-0.2, 0) is 5.41 Å². The minimum atomic E-state index is -0.113. The van der Waals surface area contributed by atoms with E-state index in [2.05, 4.69) is 178 Å². The highest BCUT2D eigenvalue weighted by Gasteiger charge is 2.39. The van der Waals surface area contributed by atoms with Crippen LogP contribution in [0.25, 0.3) is 88.5 Å². The number of ether oxygens (including phenoxy) is 2. The van der Waals surface area contributed by atoms with Gasteiger partial charge in [0.25, 0.3) is 0 Å². The second-order valence-corrected chi connectivity index (χ2v) is 16.1. The molecule has 0 N–H and O–H groups in total. The van der Waals surface area contributed by atoms with Gasteiger partial charge in [0, 0.05) is 27.7 Å². The second kappa shape index (κ2) is 12.7. The van der Waals surface area contributed by atoms with Gasteiger partial charge < -0.3 is 9.47 Å². The molecule has 0 amide bonds. The van der Waals surface area contributed by atoms with E-state index in [1.54, 1.807) is 0 Å². The number of aromatic nitrogens is 2. The van der Waals surface area contributed by atoms with Crippen LogP contribution in [0.3, 0.4) is 0 Å². The minimum Gasteiger partial charge on any atom is -0.449 e. The third kappa shape index (κ3) is 5.23. The Morgan fingerprint density at radius 3 is 1.66 bits per heavy atom. The van der Waals surface area contributed by atoms with Crippen molar-refractivity contribution in [2.75, 3.05) is 0 Å². The van der Waals surface area contributed by atoms with Crippen molar-refractivity contribution in [3.8, 4) is 79.2 Å². The van der Waals surface area contributed by atoms with Crippen molar-refractivity contribution in [2.24, 2.45) is 0 Å². The summed E-state index contributed by atoms with van der Waals surface area (Å²) in [6, 6.07) is 64.0. The van der Waals surface area contributed by atoms with E-state index < -0.39 is 0 Å². The first kappa shape index (κ1) is 33.6. The van der Waals surface area contributed by atoms with E-state index in [-0.39, 0.29) is 5.41 Å². The zero-order chi connectivity index (χ0) is 39.2. The average Bonchev–Trinajstić information content (AvgIpc) is 3.54. The average molecular weight is 757 g/mol. The van der Waals surface area contributed by atoms with Gasteiger partial charge in [-0.25, -0.2) is 9.97 Å². The molecule has 0 bridgehead atoms. The highest BCUT2D eigenvalue weighted by molar-refractivity contribution is 6.25. The Morgan fingerprint density at radius 2 is 0.932 bits per heavy atom. The van der Waals surface area contributed by atoms with E-state index in [1.165, 1.54) is 49.0 Å². The summed E-state index contributed by atoms with van der Waals surface area (Å²) < 4.78 is 13.2. The lowest BCUT2D eigenvalue weighted by Gasteiger charge is -2.25. The molecule has 4 heteroatoms. The van der Waals surface area contributed by atoms with E-state index in [0.717, 1.165) is 56.3 Å². The number of hydrogen-bond donors (Lipinski definition) is 0. The van der Waals surface area contributed by atoms with E-state index in [9.17, 15) is 0 Å². The molecule has 0 radical (unpaired) electrons. The summed E-state index contributed by atoms with van der Waals surface area (Å²) in [5, 5.41) is 7.39. The molecule has 4 nitrogen and oxygen atoms in total. The van der Waals surface area contributed by atoms with Crippen LogP contribution in [0, 0.1) is 0 Å². The molecule has 278 valence electrons. The molecule has 0 unspecified atom stereocenters. The predicted molar refractivity (Wildman–Crippen MR) is 240 cm³/mol. The lowest BCUT2D eigenvalue weighted by molar-refractivity contribution is 0.360. The molecule has 0 fully saturated rings. The molecular weight excluding hydrogens is 721 g/mol. The Kier molecular flexibility index (Phi) is 7.24. The van der Waals surface area contributed by atoms with Crippen molar-refractivity contribution >= 4 is 32.3 Å². The monoisotopic (exact) mass is 756 g/mol. The van der Waals surface area contributed by atoms with Crippen LogP contribution < -0.4 is 9.47 Å². The molecule has 0 saturated carbocycles. The molecule has 2 heterocycles. The molecule has 10 aromatic rings. The van der Waals surface area contributed by atoms with E-state index in [1.807, 2.05) is 18.2 Å². The molecule has 1 aliphatic carbocycles. The van der Waals surface area contributed by atoms with Crippen LogP contribution in [0.4, 0.5) is 0 Å². The third-order valence-corrected chi connectivity index (χ3v) is 12.4. The van der Waals surface area contributed by atoms with Gasteiger partial charge in [0.15, 0.2) is 28.8 Å². The number of hydrogen-bond acceptors (Lipinski definition) is 4. The van der Waals surface area contributed by atoms with Crippen LogP contribution in [0.5, 0.6) is 23.0 Å². The van der Waals surface area contributed by atoms with Crippen molar-refractivity contribution in [3.63, 3.8) is 0 Å². The van der Waals surface area contributed by atoms with Gasteiger partial charge in [-0.15, -0.1) is 0 Å². The van der Waals surface area contributed by atoms with E-state index in [0.29, 0.717) is 17.3 Å². The summed E-state index contributed by atoms with van der Waals surface area (Å²) >= 11 is 0. The number of nitrogens with zero attached hydrogens (tertiary/aromatic N) is 2. The molecule has 12 rings (SSSR count). The second-order valence-electron chi connectivity index (χ2n) is 16.1. The normalized spacial score (nSPS) is 13.3.